The molecular weight excluding hydrogens is 326 g/mol. The van der Waals surface area contributed by atoms with Crippen molar-refractivity contribution in [2.75, 3.05) is 0 Å². The number of hydrazone groups is 1. The Hall–Kier alpha value is -3.62. The van der Waals surface area contributed by atoms with Crippen molar-refractivity contribution in [2.45, 2.75) is 13.0 Å². The molecule has 25 heavy (non-hydrogen) atoms. The zero-order valence-electron chi connectivity index (χ0n) is 13.1. The Bertz CT molecular complexity index is 775. The number of non-ortho nitro benzene ring substituents is 1. The monoisotopic (exact) mass is 341 g/mol. The third-order valence-corrected chi connectivity index (χ3v) is 3.04. The number of nitro benzene ring substituents is 1. The standard InChI is InChI=1S/C16H15N5O4/c22-15(18-10-13-2-1-7-17-9-13)8-16(23)20-19-11-12-3-5-14(6-4-12)21(24)25/h1-7,9,11H,8,10H2,(H,18,22)(H,20,23)/b19-11+. The van der Waals surface area contributed by atoms with Crippen LogP contribution < -0.4 is 10.7 Å². The molecule has 0 aliphatic heterocycles. The molecule has 0 spiro atoms. The molecule has 2 rings (SSSR count). The molecule has 1 aromatic carbocycles. The van der Waals surface area contributed by atoms with E-state index in [1.54, 1.807) is 18.5 Å². The average Bonchev–Trinajstić information content (AvgIpc) is 2.61. The van der Waals surface area contributed by atoms with E-state index in [2.05, 4.69) is 20.8 Å². The van der Waals surface area contributed by atoms with E-state index < -0.39 is 16.7 Å². The first-order chi connectivity index (χ1) is 12.0. The van der Waals surface area contributed by atoms with E-state index in [9.17, 15) is 19.7 Å². The van der Waals surface area contributed by atoms with Gasteiger partial charge in [0.2, 0.25) is 11.8 Å². The molecule has 0 fully saturated rings. The van der Waals surface area contributed by atoms with Crippen molar-refractivity contribution >= 4 is 23.7 Å². The molecule has 2 N–H and O–H groups in total. The fourth-order valence-corrected chi connectivity index (χ4v) is 1.81. The first-order valence-electron chi connectivity index (χ1n) is 7.26. The van der Waals surface area contributed by atoms with E-state index >= 15 is 0 Å². The van der Waals surface area contributed by atoms with Crippen LogP contribution in [0, 0.1) is 10.1 Å². The molecule has 2 aromatic rings. The Labute approximate surface area is 142 Å². The first kappa shape index (κ1) is 17.7. The number of benzene rings is 1. The van der Waals surface area contributed by atoms with Gasteiger partial charge in [0.1, 0.15) is 6.42 Å². The van der Waals surface area contributed by atoms with Gasteiger partial charge in [-0.3, -0.25) is 24.7 Å². The summed E-state index contributed by atoms with van der Waals surface area (Å²) in [5, 5.41) is 16.8. The van der Waals surface area contributed by atoms with E-state index in [1.165, 1.54) is 30.5 Å². The molecule has 1 heterocycles. The van der Waals surface area contributed by atoms with E-state index in [4.69, 9.17) is 0 Å². The molecular formula is C16H15N5O4. The van der Waals surface area contributed by atoms with Gasteiger partial charge in [-0.15, -0.1) is 0 Å². The third-order valence-electron chi connectivity index (χ3n) is 3.04. The van der Waals surface area contributed by atoms with Gasteiger partial charge >= 0.3 is 0 Å². The first-order valence-corrected chi connectivity index (χ1v) is 7.26. The molecule has 9 nitrogen and oxygen atoms in total. The number of aromatic nitrogens is 1. The molecule has 0 saturated carbocycles. The number of hydrogen-bond donors (Lipinski definition) is 2. The number of rotatable bonds is 7. The predicted molar refractivity (Wildman–Crippen MR) is 89.5 cm³/mol. The quantitative estimate of drug-likeness (QED) is 0.338. The minimum atomic E-state index is -0.568. The molecule has 0 bridgehead atoms. The fraction of sp³-hybridized carbons (Fsp3) is 0.125. The molecule has 0 saturated heterocycles. The van der Waals surface area contributed by atoms with Gasteiger partial charge in [-0.25, -0.2) is 5.43 Å². The summed E-state index contributed by atoms with van der Waals surface area (Å²) in [5.41, 5.74) is 3.59. The van der Waals surface area contributed by atoms with Crippen LogP contribution in [0.4, 0.5) is 5.69 Å². The maximum Gasteiger partial charge on any atom is 0.269 e. The minimum absolute atomic E-state index is 0.0357. The van der Waals surface area contributed by atoms with Gasteiger partial charge in [-0.1, -0.05) is 6.07 Å². The lowest BCUT2D eigenvalue weighted by atomic mass is 10.2. The highest BCUT2D eigenvalue weighted by atomic mass is 16.6. The van der Waals surface area contributed by atoms with Crippen molar-refractivity contribution in [3.63, 3.8) is 0 Å². The summed E-state index contributed by atoms with van der Waals surface area (Å²) in [6.45, 7) is 0.284. The molecule has 0 radical (unpaired) electrons. The SMILES string of the molecule is O=C(CC(=O)N/N=C/c1ccc([N+](=O)[O-])cc1)NCc1cccnc1. The highest BCUT2D eigenvalue weighted by Crippen LogP contribution is 2.10. The smallest absolute Gasteiger partial charge is 0.269 e. The number of carbonyl (C=O) groups excluding carboxylic acids is 2. The molecule has 9 heteroatoms. The van der Waals surface area contributed by atoms with Gasteiger partial charge in [0.15, 0.2) is 0 Å². The Balaban J connectivity index is 1.74. The lowest BCUT2D eigenvalue weighted by molar-refractivity contribution is -0.384. The molecule has 0 aliphatic carbocycles. The largest absolute Gasteiger partial charge is 0.352 e. The van der Waals surface area contributed by atoms with Crippen LogP contribution in [0.2, 0.25) is 0 Å². The van der Waals surface area contributed by atoms with Crippen LogP contribution >= 0.6 is 0 Å². The van der Waals surface area contributed by atoms with Gasteiger partial charge in [-0.2, -0.15) is 5.10 Å². The maximum atomic E-state index is 11.7. The second-order valence-corrected chi connectivity index (χ2v) is 4.96. The highest BCUT2D eigenvalue weighted by molar-refractivity contribution is 5.97. The van der Waals surface area contributed by atoms with Gasteiger partial charge < -0.3 is 5.32 Å². The van der Waals surface area contributed by atoms with Crippen molar-refractivity contribution in [3.05, 3.63) is 70.0 Å². The average molecular weight is 341 g/mol. The minimum Gasteiger partial charge on any atom is -0.352 e. The van der Waals surface area contributed by atoms with Gasteiger partial charge in [-0.05, 0) is 29.3 Å². The summed E-state index contributed by atoms with van der Waals surface area (Å²) in [6, 6.07) is 9.20. The summed E-state index contributed by atoms with van der Waals surface area (Å²) in [4.78, 5) is 37.2. The molecule has 128 valence electrons. The van der Waals surface area contributed by atoms with Crippen molar-refractivity contribution in [3.8, 4) is 0 Å². The highest BCUT2D eigenvalue weighted by Gasteiger charge is 2.08. The molecule has 2 amide bonds. The number of carbonyl (C=O) groups is 2. The second-order valence-electron chi connectivity index (χ2n) is 4.96. The van der Waals surface area contributed by atoms with Crippen LogP contribution in [0.5, 0.6) is 0 Å². The Kier molecular flexibility index (Phi) is 6.29. The second kappa shape index (κ2) is 8.87. The normalized spacial score (nSPS) is 10.4. The Morgan fingerprint density at radius 3 is 2.60 bits per heavy atom. The van der Waals surface area contributed by atoms with Gasteiger partial charge in [0, 0.05) is 31.1 Å². The molecule has 0 aliphatic rings. The number of nitrogens with one attached hydrogen (secondary N) is 2. The summed E-state index contributed by atoms with van der Waals surface area (Å²) in [5.74, 6) is -1.01. The van der Waals surface area contributed by atoms with E-state index in [1.807, 2.05) is 6.07 Å². The summed E-state index contributed by atoms with van der Waals surface area (Å²) in [6.07, 6.45) is 4.21. The van der Waals surface area contributed by atoms with Gasteiger partial charge in [0.25, 0.3) is 5.69 Å². The van der Waals surface area contributed by atoms with E-state index in [-0.39, 0.29) is 18.7 Å². The van der Waals surface area contributed by atoms with Crippen molar-refractivity contribution in [1.29, 1.82) is 0 Å². The number of amides is 2. The third kappa shape index (κ3) is 6.18. The lowest BCUT2D eigenvalue weighted by Gasteiger charge is -2.04. The van der Waals surface area contributed by atoms with Crippen LogP contribution in [-0.2, 0) is 16.1 Å². The fourth-order valence-electron chi connectivity index (χ4n) is 1.81. The summed E-state index contributed by atoms with van der Waals surface area (Å²) >= 11 is 0. The predicted octanol–water partition coefficient (Wildman–Crippen LogP) is 1.15. The van der Waals surface area contributed by atoms with Crippen molar-refractivity contribution in [1.82, 2.24) is 15.7 Å². The zero-order valence-corrected chi connectivity index (χ0v) is 13.1. The Morgan fingerprint density at radius 1 is 1.20 bits per heavy atom. The zero-order chi connectivity index (χ0) is 18.1. The maximum absolute atomic E-state index is 11.7. The topological polar surface area (TPSA) is 127 Å². The van der Waals surface area contributed by atoms with Crippen LogP contribution in [0.3, 0.4) is 0 Å². The lowest BCUT2D eigenvalue weighted by Crippen LogP contribution is -2.29. The van der Waals surface area contributed by atoms with Crippen LogP contribution in [0.15, 0.2) is 53.9 Å². The van der Waals surface area contributed by atoms with Crippen LogP contribution in [-0.4, -0.2) is 27.9 Å². The van der Waals surface area contributed by atoms with Crippen LogP contribution in [0.1, 0.15) is 17.5 Å². The number of pyridine rings is 1. The van der Waals surface area contributed by atoms with Crippen LogP contribution in [0.25, 0.3) is 0 Å². The molecule has 1 aromatic heterocycles. The molecule has 0 atom stereocenters. The van der Waals surface area contributed by atoms with E-state index in [0.717, 1.165) is 5.56 Å². The number of nitrogens with zero attached hydrogens (tertiary/aromatic N) is 3. The van der Waals surface area contributed by atoms with Gasteiger partial charge in [0.05, 0.1) is 11.1 Å². The number of hydrogen-bond acceptors (Lipinski definition) is 6. The summed E-state index contributed by atoms with van der Waals surface area (Å²) < 4.78 is 0. The molecule has 0 unspecified atom stereocenters. The Morgan fingerprint density at radius 2 is 1.96 bits per heavy atom. The van der Waals surface area contributed by atoms with Crippen molar-refractivity contribution < 1.29 is 14.5 Å². The van der Waals surface area contributed by atoms with Crippen molar-refractivity contribution in [2.24, 2.45) is 5.10 Å². The summed E-state index contributed by atoms with van der Waals surface area (Å²) in [7, 11) is 0. The van der Waals surface area contributed by atoms with E-state index in [0.29, 0.717) is 5.56 Å². The number of nitro groups is 1.